The number of halogens is 1. The smallest absolute Gasteiger partial charge is 0.335 e. The number of rotatable bonds is 9. The molecule has 0 aliphatic rings. The number of thiol groups is 1. The molecule has 7 nitrogen and oxygen atoms in total. The summed E-state index contributed by atoms with van der Waals surface area (Å²) < 4.78 is 0.528. The fraction of sp³-hybridized carbons (Fsp3) is 0.400. The SMILES string of the molecule is O=C(CCCCC(C(=O)O)C(S)c1cc(Br)cc(C(=O)O)c1)NO. The van der Waals surface area contributed by atoms with Crippen LogP contribution in [0.4, 0.5) is 0 Å². The van der Waals surface area contributed by atoms with E-state index in [0.29, 0.717) is 22.9 Å². The Kier molecular flexibility index (Phi) is 8.23. The molecule has 1 amide bonds. The molecule has 0 fully saturated rings. The molecule has 1 rings (SSSR count). The van der Waals surface area contributed by atoms with Gasteiger partial charge in [0.05, 0.1) is 11.5 Å². The van der Waals surface area contributed by atoms with Crippen molar-refractivity contribution in [2.45, 2.75) is 30.9 Å². The Hall–Kier alpha value is -1.58. The third kappa shape index (κ3) is 6.14. The van der Waals surface area contributed by atoms with Gasteiger partial charge in [0, 0.05) is 16.1 Å². The van der Waals surface area contributed by atoms with E-state index in [9.17, 15) is 19.5 Å². The largest absolute Gasteiger partial charge is 0.481 e. The van der Waals surface area contributed by atoms with Crippen molar-refractivity contribution < 1.29 is 29.8 Å². The van der Waals surface area contributed by atoms with Crippen LogP contribution in [0.1, 0.15) is 46.9 Å². The molecule has 4 N–H and O–H groups in total. The van der Waals surface area contributed by atoms with Gasteiger partial charge in [-0.1, -0.05) is 22.4 Å². The molecule has 0 saturated carbocycles. The molecule has 0 radical (unpaired) electrons. The van der Waals surface area contributed by atoms with E-state index in [1.807, 2.05) is 0 Å². The summed E-state index contributed by atoms with van der Waals surface area (Å²) in [5.74, 6) is -3.51. The summed E-state index contributed by atoms with van der Waals surface area (Å²) in [7, 11) is 0. The van der Waals surface area contributed by atoms with Crippen LogP contribution in [0.25, 0.3) is 0 Å². The standard InChI is InChI=1S/C15H18BrNO6S/c16-10-6-8(5-9(7-10)14(19)20)13(24)11(15(21)22)3-1-2-4-12(18)17-23/h5-7,11,13,23-24H,1-4H2,(H,17,18)(H,19,20)(H,21,22). The number of unbranched alkanes of at least 4 members (excludes halogenated alkanes) is 1. The van der Waals surface area contributed by atoms with Gasteiger partial charge in [0.15, 0.2) is 0 Å². The van der Waals surface area contributed by atoms with Gasteiger partial charge in [-0.2, -0.15) is 12.6 Å². The second-order valence-corrected chi connectivity index (χ2v) is 6.72. The Bertz CT molecular complexity index is 624. The zero-order chi connectivity index (χ0) is 18.3. The van der Waals surface area contributed by atoms with Crippen molar-refractivity contribution in [1.82, 2.24) is 5.48 Å². The Morgan fingerprint density at radius 1 is 1.17 bits per heavy atom. The average Bonchev–Trinajstić information content (AvgIpc) is 2.52. The number of aromatic carboxylic acids is 1. The number of nitrogens with one attached hydrogen (secondary N) is 1. The van der Waals surface area contributed by atoms with Crippen LogP contribution in [-0.4, -0.2) is 33.3 Å². The molecule has 1 aromatic carbocycles. The molecule has 0 spiro atoms. The number of hydrogen-bond acceptors (Lipinski definition) is 5. The van der Waals surface area contributed by atoms with Crippen LogP contribution in [0.2, 0.25) is 0 Å². The van der Waals surface area contributed by atoms with Crippen LogP contribution in [-0.2, 0) is 9.59 Å². The lowest BCUT2D eigenvalue weighted by atomic mass is 9.92. The normalized spacial score (nSPS) is 13.1. The molecule has 24 heavy (non-hydrogen) atoms. The van der Waals surface area contributed by atoms with Gasteiger partial charge in [0.2, 0.25) is 5.91 Å². The number of benzene rings is 1. The molecule has 1 aromatic rings. The summed E-state index contributed by atoms with van der Waals surface area (Å²) in [6.07, 6.45) is 1.26. The van der Waals surface area contributed by atoms with Gasteiger partial charge in [-0.05, 0) is 36.6 Å². The topological polar surface area (TPSA) is 124 Å². The summed E-state index contributed by atoms with van der Waals surface area (Å²) in [5.41, 5.74) is 2.05. The van der Waals surface area contributed by atoms with Crippen molar-refractivity contribution in [3.05, 3.63) is 33.8 Å². The highest BCUT2D eigenvalue weighted by Gasteiger charge is 2.27. The number of carbonyl (C=O) groups is 3. The maximum absolute atomic E-state index is 11.5. The highest BCUT2D eigenvalue weighted by atomic mass is 79.9. The van der Waals surface area contributed by atoms with Gasteiger partial charge in [0.25, 0.3) is 0 Å². The fourth-order valence-electron chi connectivity index (χ4n) is 2.26. The van der Waals surface area contributed by atoms with E-state index in [1.165, 1.54) is 17.6 Å². The number of hydroxylamine groups is 1. The molecule has 0 saturated heterocycles. The highest BCUT2D eigenvalue weighted by Crippen LogP contribution is 2.34. The number of carboxylic acid groups (broad SMARTS) is 2. The van der Waals surface area contributed by atoms with Crippen LogP contribution < -0.4 is 5.48 Å². The molecule has 2 unspecified atom stereocenters. The number of aliphatic carboxylic acids is 1. The van der Waals surface area contributed by atoms with E-state index >= 15 is 0 Å². The lowest BCUT2D eigenvalue weighted by molar-refractivity contribution is -0.142. The molecule has 9 heteroatoms. The first kappa shape index (κ1) is 20.5. The maximum atomic E-state index is 11.5. The minimum atomic E-state index is -1.11. The van der Waals surface area contributed by atoms with Gasteiger partial charge in [0.1, 0.15) is 0 Å². The van der Waals surface area contributed by atoms with Crippen molar-refractivity contribution in [3.8, 4) is 0 Å². The zero-order valence-electron chi connectivity index (χ0n) is 12.6. The number of carboxylic acids is 2. The third-order valence-electron chi connectivity index (χ3n) is 3.50. The Balaban J connectivity index is 2.83. The monoisotopic (exact) mass is 419 g/mol. The maximum Gasteiger partial charge on any atom is 0.335 e. The molecular formula is C15H18BrNO6S. The first-order valence-corrected chi connectivity index (χ1v) is 8.44. The van der Waals surface area contributed by atoms with Gasteiger partial charge < -0.3 is 10.2 Å². The summed E-state index contributed by atoms with van der Waals surface area (Å²) in [5, 5.41) is 26.2. The average molecular weight is 420 g/mol. The first-order chi connectivity index (χ1) is 11.3. The van der Waals surface area contributed by atoms with E-state index in [4.69, 9.17) is 10.3 Å². The molecule has 132 valence electrons. The van der Waals surface area contributed by atoms with E-state index in [1.54, 1.807) is 6.07 Å². The summed E-state index contributed by atoms with van der Waals surface area (Å²) in [4.78, 5) is 33.6. The summed E-state index contributed by atoms with van der Waals surface area (Å²) in [6, 6.07) is 4.47. The molecular weight excluding hydrogens is 402 g/mol. The predicted molar refractivity (Wildman–Crippen MR) is 92.4 cm³/mol. The van der Waals surface area contributed by atoms with Crippen molar-refractivity contribution >= 4 is 46.4 Å². The van der Waals surface area contributed by atoms with Gasteiger partial charge in [-0.15, -0.1) is 0 Å². The van der Waals surface area contributed by atoms with Crippen molar-refractivity contribution in [2.75, 3.05) is 0 Å². The number of amides is 1. The van der Waals surface area contributed by atoms with Crippen LogP contribution in [0, 0.1) is 5.92 Å². The fourth-order valence-corrected chi connectivity index (χ4v) is 3.20. The Morgan fingerprint density at radius 2 is 1.83 bits per heavy atom. The van der Waals surface area contributed by atoms with E-state index in [-0.39, 0.29) is 18.4 Å². The van der Waals surface area contributed by atoms with Gasteiger partial charge in [-0.3, -0.25) is 14.8 Å². The van der Waals surface area contributed by atoms with Crippen LogP contribution in [0.5, 0.6) is 0 Å². The Morgan fingerprint density at radius 3 is 2.38 bits per heavy atom. The van der Waals surface area contributed by atoms with Crippen molar-refractivity contribution in [1.29, 1.82) is 0 Å². The van der Waals surface area contributed by atoms with Gasteiger partial charge in [-0.25, -0.2) is 10.3 Å². The molecule has 0 aromatic heterocycles. The van der Waals surface area contributed by atoms with Crippen LogP contribution in [0.3, 0.4) is 0 Å². The highest BCUT2D eigenvalue weighted by molar-refractivity contribution is 9.10. The lowest BCUT2D eigenvalue weighted by Crippen LogP contribution is -2.20. The van der Waals surface area contributed by atoms with E-state index in [2.05, 4.69) is 28.6 Å². The van der Waals surface area contributed by atoms with E-state index in [0.717, 1.165) is 0 Å². The molecule has 0 bridgehead atoms. The minimum Gasteiger partial charge on any atom is -0.481 e. The number of hydrogen-bond donors (Lipinski definition) is 5. The number of carbonyl (C=O) groups excluding carboxylic acids is 1. The second-order valence-electron chi connectivity index (χ2n) is 5.25. The van der Waals surface area contributed by atoms with Gasteiger partial charge >= 0.3 is 11.9 Å². The summed E-state index contributed by atoms with van der Waals surface area (Å²) >= 11 is 7.57. The zero-order valence-corrected chi connectivity index (χ0v) is 15.1. The lowest BCUT2D eigenvalue weighted by Gasteiger charge is -2.20. The quantitative estimate of drug-likeness (QED) is 0.181. The van der Waals surface area contributed by atoms with Crippen LogP contribution >= 0.6 is 28.6 Å². The second kappa shape index (κ2) is 9.65. The summed E-state index contributed by atoms with van der Waals surface area (Å²) in [6.45, 7) is 0. The Labute approximate surface area is 152 Å². The predicted octanol–water partition coefficient (Wildman–Crippen LogP) is 2.88. The van der Waals surface area contributed by atoms with Crippen LogP contribution in [0.15, 0.2) is 22.7 Å². The van der Waals surface area contributed by atoms with Crippen molar-refractivity contribution in [3.63, 3.8) is 0 Å². The molecule has 0 aliphatic carbocycles. The molecule has 0 heterocycles. The molecule has 2 atom stereocenters. The first-order valence-electron chi connectivity index (χ1n) is 7.13. The minimum absolute atomic E-state index is 0.0437. The molecule has 0 aliphatic heterocycles. The van der Waals surface area contributed by atoms with E-state index < -0.39 is 29.0 Å². The third-order valence-corrected chi connectivity index (χ3v) is 4.62. The van der Waals surface area contributed by atoms with Crippen molar-refractivity contribution in [2.24, 2.45) is 5.92 Å².